The van der Waals surface area contributed by atoms with Crippen molar-refractivity contribution < 1.29 is 28.2 Å². The molecule has 9 nitrogen and oxygen atoms in total. The molecular weight excluding hydrogens is 487 g/mol. The first kappa shape index (κ1) is 26.6. The van der Waals surface area contributed by atoms with Gasteiger partial charge in [0, 0.05) is 11.3 Å². The minimum absolute atomic E-state index is 0.0208. The molecule has 1 aromatic heterocycles. The predicted octanol–water partition coefficient (Wildman–Crippen LogP) is 3.83. The number of nitrogens with two attached hydrogens (primary N) is 2. The Labute approximate surface area is 211 Å². The Morgan fingerprint density at radius 2 is 1.72 bits per heavy atom. The fraction of sp³-hybridized carbons (Fsp3) is 0.280. The number of amides is 1. The maximum absolute atomic E-state index is 13.4. The van der Waals surface area contributed by atoms with Crippen LogP contribution >= 0.6 is 11.3 Å². The Morgan fingerprint density at radius 3 is 2.28 bits per heavy atom. The second kappa shape index (κ2) is 10.7. The zero-order valence-corrected chi connectivity index (χ0v) is 21.1. The Hall–Kier alpha value is -3.99. The van der Waals surface area contributed by atoms with Gasteiger partial charge in [-0.2, -0.15) is 0 Å². The van der Waals surface area contributed by atoms with Crippen molar-refractivity contribution >= 4 is 45.6 Å². The molecule has 0 bridgehead atoms. The van der Waals surface area contributed by atoms with Crippen LogP contribution in [0.3, 0.4) is 0 Å². The van der Waals surface area contributed by atoms with Gasteiger partial charge in [0.1, 0.15) is 28.3 Å². The fourth-order valence-electron chi connectivity index (χ4n) is 3.26. The summed E-state index contributed by atoms with van der Waals surface area (Å²) >= 11 is 0.985. The largest absolute Gasteiger partial charge is 0.476 e. The molecule has 1 atom stereocenters. The van der Waals surface area contributed by atoms with E-state index in [1.807, 2.05) is 0 Å². The van der Waals surface area contributed by atoms with Gasteiger partial charge in [-0.25, -0.2) is 14.2 Å². The van der Waals surface area contributed by atoms with E-state index in [2.05, 4.69) is 4.98 Å². The summed E-state index contributed by atoms with van der Waals surface area (Å²) in [5.41, 5.74) is 11.1. The summed E-state index contributed by atoms with van der Waals surface area (Å²) < 4.78 is 24.2. The summed E-state index contributed by atoms with van der Waals surface area (Å²) in [6.45, 7) is 6.68. The van der Waals surface area contributed by atoms with Gasteiger partial charge >= 0.3 is 5.97 Å². The molecular formula is C25H27FN4O5S. The number of ether oxygens (including phenoxy) is 2. The molecule has 2 aromatic carbocycles. The number of rotatable bonds is 10. The monoisotopic (exact) mass is 514 g/mol. The van der Waals surface area contributed by atoms with E-state index in [9.17, 15) is 18.8 Å². The van der Waals surface area contributed by atoms with E-state index < -0.39 is 35.1 Å². The highest BCUT2D eigenvalue weighted by Gasteiger charge is 2.32. The SMILES string of the molecule is CCOC(=O)C(C)(C)Oc1ccc(C(=O)c2sc(N(c3ccc(F)cc3)[C@H](C)C(N)=O)nc2N)cc1. The van der Waals surface area contributed by atoms with E-state index in [0.717, 1.165) is 11.3 Å². The van der Waals surface area contributed by atoms with Gasteiger partial charge in [0.05, 0.1) is 6.61 Å². The Morgan fingerprint density at radius 1 is 1.11 bits per heavy atom. The molecule has 0 aliphatic carbocycles. The van der Waals surface area contributed by atoms with Crippen molar-refractivity contribution in [2.24, 2.45) is 5.73 Å². The summed E-state index contributed by atoms with van der Waals surface area (Å²) in [6, 6.07) is 10.8. The van der Waals surface area contributed by atoms with Gasteiger partial charge in [0.15, 0.2) is 10.7 Å². The smallest absolute Gasteiger partial charge is 0.349 e. The molecule has 3 rings (SSSR count). The number of primary amides is 1. The molecule has 3 aromatic rings. The number of aromatic nitrogens is 1. The first-order valence-corrected chi connectivity index (χ1v) is 11.9. The normalized spacial score (nSPS) is 12.0. The van der Waals surface area contributed by atoms with Crippen LogP contribution in [0.25, 0.3) is 0 Å². The highest BCUT2D eigenvalue weighted by Crippen LogP contribution is 2.36. The predicted molar refractivity (Wildman–Crippen MR) is 135 cm³/mol. The molecule has 0 saturated heterocycles. The van der Waals surface area contributed by atoms with Gasteiger partial charge in [-0.15, -0.1) is 0 Å². The minimum atomic E-state index is -1.21. The first-order valence-electron chi connectivity index (χ1n) is 11.1. The molecule has 190 valence electrons. The van der Waals surface area contributed by atoms with Crippen molar-refractivity contribution in [3.63, 3.8) is 0 Å². The topological polar surface area (TPSA) is 138 Å². The molecule has 1 heterocycles. The van der Waals surface area contributed by atoms with Crippen LogP contribution in [0.1, 0.15) is 42.9 Å². The molecule has 0 saturated carbocycles. The maximum atomic E-state index is 13.4. The molecule has 1 amide bonds. The molecule has 0 spiro atoms. The summed E-state index contributed by atoms with van der Waals surface area (Å²) in [5, 5.41) is 0.255. The lowest BCUT2D eigenvalue weighted by Gasteiger charge is -2.26. The number of hydrogen-bond acceptors (Lipinski definition) is 9. The van der Waals surface area contributed by atoms with E-state index >= 15 is 0 Å². The van der Waals surface area contributed by atoms with Gasteiger partial charge in [-0.05, 0) is 76.2 Å². The zero-order valence-electron chi connectivity index (χ0n) is 20.3. The molecule has 36 heavy (non-hydrogen) atoms. The van der Waals surface area contributed by atoms with E-state index in [1.165, 1.54) is 29.2 Å². The van der Waals surface area contributed by atoms with Crippen molar-refractivity contribution in [3.8, 4) is 5.75 Å². The van der Waals surface area contributed by atoms with Gasteiger partial charge < -0.3 is 25.8 Å². The number of carbonyl (C=O) groups is 3. The third-order valence-corrected chi connectivity index (χ3v) is 6.28. The van der Waals surface area contributed by atoms with Gasteiger partial charge in [0.2, 0.25) is 11.7 Å². The van der Waals surface area contributed by atoms with Crippen LogP contribution in [0.5, 0.6) is 5.75 Å². The summed E-state index contributed by atoms with van der Waals surface area (Å²) in [7, 11) is 0. The number of benzene rings is 2. The van der Waals surface area contributed by atoms with Crippen LogP contribution in [0.4, 0.5) is 21.0 Å². The number of nitrogens with zero attached hydrogens (tertiary/aromatic N) is 2. The number of thiazole rings is 1. The number of anilines is 3. The van der Waals surface area contributed by atoms with Crippen molar-refractivity contribution in [1.82, 2.24) is 4.98 Å². The molecule has 0 aliphatic heterocycles. The van der Waals surface area contributed by atoms with Crippen LogP contribution < -0.4 is 21.1 Å². The number of hydrogen-bond donors (Lipinski definition) is 2. The van der Waals surface area contributed by atoms with E-state index in [4.69, 9.17) is 20.9 Å². The Balaban J connectivity index is 1.87. The van der Waals surface area contributed by atoms with E-state index in [-0.39, 0.29) is 22.4 Å². The molecule has 4 N–H and O–H groups in total. The highest BCUT2D eigenvalue weighted by molar-refractivity contribution is 7.18. The number of nitrogen functional groups attached to an aromatic ring is 1. The minimum Gasteiger partial charge on any atom is -0.476 e. The number of esters is 1. The van der Waals surface area contributed by atoms with Crippen molar-refractivity contribution in [3.05, 3.63) is 64.8 Å². The summed E-state index contributed by atoms with van der Waals surface area (Å²) in [6.07, 6.45) is 0. The van der Waals surface area contributed by atoms with Gasteiger partial charge in [-0.3, -0.25) is 9.59 Å². The first-order chi connectivity index (χ1) is 16.9. The van der Waals surface area contributed by atoms with Crippen molar-refractivity contribution in [2.45, 2.75) is 39.3 Å². The molecule has 11 heteroatoms. The van der Waals surface area contributed by atoms with Crippen LogP contribution in [0.15, 0.2) is 48.5 Å². The third kappa shape index (κ3) is 5.80. The quantitative estimate of drug-likeness (QED) is 0.308. The molecule has 0 radical (unpaired) electrons. The van der Waals surface area contributed by atoms with Gasteiger partial charge in [0.25, 0.3) is 0 Å². The average Bonchev–Trinajstić information content (AvgIpc) is 3.21. The lowest BCUT2D eigenvalue weighted by molar-refractivity contribution is -0.158. The summed E-state index contributed by atoms with van der Waals surface area (Å²) in [4.78, 5) is 43.2. The highest BCUT2D eigenvalue weighted by atomic mass is 32.1. The van der Waals surface area contributed by atoms with Gasteiger partial charge in [-0.1, -0.05) is 11.3 Å². The number of carbonyl (C=O) groups excluding carboxylic acids is 3. The number of halogens is 1. The lowest BCUT2D eigenvalue weighted by Crippen LogP contribution is -2.39. The standard InChI is InChI=1S/C25H27FN4O5S/c1-5-34-23(33)25(3,4)35-18-12-6-15(7-13-18)19(31)20-21(27)29-24(36-20)30(14(2)22(28)32)17-10-8-16(26)9-11-17/h6-14H,5,27H2,1-4H3,(H2,28,32)/t14-/m1/s1. The Bertz CT molecular complexity index is 1260. The summed E-state index contributed by atoms with van der Waals surface area (Å²) in [5.74, 6) is -1.63. The molecule has 0 unspecified atom stereocenters. The maximum Gasteiger partial charge on any atom is 0.349 e. The molecule has 0 aliphatic rings. The average molecular weight is 515 g/mol. The third-order valence-electron chi connectivity index (χ3n) is 5.21. The van der Waals surface area contributed by atoms with Crippen molar-refractivity contribution in [1.29, 1.82) is 0 Å². The second-order valence-electron chi connectivity index (χ2n) is 8.32. The van der Waals surface area contributed by atoms with Crippen LogP contribution in [0.2, 0.25) is 0 Å². The lowest BCUT2D eigenvalue weighted by atomic mass is 10.1. The van der Waals surface area contributed by atoms with Crippen molar-refractivity contribution in [2.75, 3.05) is 17.2 Å². The van der Waals surface area contributed by atoms with E-state index in [0.29, 0.717) is 17.0 Å². The zero-order chi connectivity index (χ0) is 26.6. The number of ketones is 1. The van der Waals surface area contributed by atoms with E-state index in [1.54, 1.807) is 52.0 Å². The van der Waals surface area contributed by atoms with Crippen LogP contribution in [0, 0.1) is 5.82 Å². The van der Waals surface area contributed by atoms with Crippen LogP contribution in [-0.4, -0.2) is 40.9 Å². The van der Waals surface area contributed by atoms with Crippen LogP contribution in [-0.2, 0) is 14.3 Å². The fourth-order valence-corrected chi connectivity index (χ4v) is 4.31. The Kier molecular flexibility index (Phi) is 7.93. The second-order valence-corrected chi connectivity index (χ2v) is 9.30. The molecule has 0 fully saturated rings.